The third kappa shape index (κ3) is 7.49. The van der Waals surface area contributed by atoms with Gasteiger partial charge >= 0.3 is 12.1 Å². The molecule has 0 heterocycles. The lowest BCUT2D eigenvalue weighted by Crippen LogP contribution is -2.58. The van der Waals surface area contributed by atoms with Crippen LogP contribution in [-0.4, -0.2) is 55.7 Å². The number of ether oxygens (including phenoxy) is 4. The molecule has 0 fully saturated rings. The molecule has 0 saturated carbocycles. The number of rotatable bonds is 10. The summed E-state index contributed by atoms with van der Waals surface area (Å²) in [6.45, 7) is 7.01. The van der Waals surface area contributed by atoms with Gasteiger partial charge in [-0.2, -0.15) is 0 Å². The van der Waals surface area contributed by atoms with Gasteiger partial charge < -0.3 is 18.9 Å². The minimum Gasteiger partial charge on any atom is -0.496 e. The zero-order chi connectivity index (χ0) is 24.5. The van der Waals surface area contributed by atoms with Crippen molar-refractivity contribution in [3.63, 3.8) is 0 Å². The molecule has 0 spiro atoms. The highest BCUT2D eigenvalue weighted by Crippen LogP contribution is 2.26. The molecule has 0 aliphatic heterocycles. The van der Waals surface area contributed by atoms with E-state index in [1.54, 1.807) is 34.8 Å². The third-order valence-electron chi connectivity index (χ3n) is 5.10. The molecule has 33 heavy (non-hydrogen) atoms. The van der Waals surface area contributed by atoms with Crippen LogP contribution in [0.5, 0.6) is 5.75 Å². The predicted molar refractivity (Wildman–Crippen MR) is 126 cm³/mol. The fourth-order valence-corrected chi connectivity index (χ4v) is 3.43. The fourth-order valence-electron chi connectivity index (χ4n) is 3.43. The Morgan fingerprint density at radius 2 is 1.55 bits per heavy atom. The summed E-state index contributed by atoms with van der Waals surface area (Å²) in [5.41, 5.74) is -0.268. The van der Waals surface area contributed by atoms with Crippen molar-refractivity contribution in [3.05, 3.63) is 65.7 Å². The van der Waals surface area contributed by atoms with Crippen LogP contribution in [0.1, 0.15) is 38.8 Å². The maximum Gasteiger partial charge on any atom is 0.413 e. The molecular formula is C26H35NO6. The largest absolute Gasteiger partial charge is 0.496 e. The standard InChI is InChI=1S/C26H35NO6/c1-25(2,3)33-24(29)27(19-30-5)26(4,18-20-12-8-7-9-13-20)23(28)32-17-16-21-14-10-11-15-22(21)31-6/h7-15H,16-19H2,1-6H3/t26-/m0/s1. The van der Waals surface area contributed by atoms with Crippen molar-refractivity contribution in [1.82, 2.24) is 4.90 Å². The lowest BCUT2D eigenvalue weighted by Gasteiger charge is -2.39. The van der Waals surface area contributed by atoms with E-state index in [1.165, 1.54) is 12.0 Å². The minimum absolute atomic E-state index is 0.125. The molecule has 0 bridgehead atoms. The van der Waals surface area contributed by atoms with E-state index in [0.717, 1.165) is 16.9 Å². The first-order valence-corrected chi connectivity index (χ1v) is 10.9. The number of amides is 1. The summed E-state index contributed by atoms with van der Waals surface area (Å²) in [6.07, 6.45) is 0.0714. The quantitative estimate of drug-likeness (QED) is 0.383. The van der Waals surface area contributed by atoms with Crippen molar-refractivity contribution in [2.24, 2.45) is 0 Å². The number of benzene rings is 2. The van der Waals surface area contributed by atoms with E-state index in [2.05, 4.69) is 0 Å². The molecule has 0 aromatic heterocycles. The second-order valence-electron chi connectivity index (χ2n) is 8.96. The van der Waals surface area contributed by atoms with E-state index >= 15 is 0 Å². The van der Waals surface area contributed by atoms with Gasteiger partial charge in [0.15, 0.2) is 0 Å². The molecule has 0 aliphatic rings. The van der Waals surface area contributed by atoms with E-state index < -0.39 is 23.2 Å². The van der Waals surface area contributed by atoms with Crippen LogP contribution in [-0.2, 0) is 31.8 Å². The zero-order valence-corrected chi connectivity index (χ0v) is 20.4. The van der Waals surface area contributed by atoms with Crippen molar-refractivity contribution in [2.45, 2.75) is 51.7 Å². The van der Waals surface area contributed by atoms with Gasteiger partial charge in [-0.25, -0.2) is 9.59 Å². The first-order chi connectivity index (χ1) is 15.6. The molecule has 0 unspecified atom stereocenters. The number of carbonyl (C=O) groups excluding carboxylic acids is 2. The van der Waals surface area contributed by atoms with Gasteiger partial charge in [0.05, 0.1) is 13.7 Å². The van der Waals surface area contributed by atoms with Crippen molar-refractivity contribution in [1.29, 1.82) is 0 Å². The van der Waals surface area contributed by atoms with E-state index in [0.29, 0.717) is 6.42 Å². The van der Waals surface area contributed by atoms with Gasteiger partial charge in [-0.1, -0.05) is 48.5 Å². The van der Waals surface area contributed by atoms with E-state index in [-0.39, 0.29) is 19.8 Å². The molecule has 0 radical (unpaired) electrons. The topological polar surface area (TPSA) is 74.3 Å². The third-order valence-corrected chi connectivity index (χ3v) is 5.10. The molecule has 0 saturated heterocycles. The molecule has 1 amide bonds. The van der Waals surface area contributed by atoms with Crippen molar-refractivity contribution >= 4 is 12.1 Å². The average molecular weight is 458 g/mol. The molecule has 2 aromatic carbocycles. The average Bonchev–Trinajstić information content (AvgIpc) is 2.77. The van der Waals surface area contributed by atoms with Crippen LogP contribution in [0.4, 0.5) is 4.79 Å². The van der Waals surface area contributed by atoms with Gasteiger partial charge in [-0.3, -0.25) is 4.90 Å². The summed E-state index contributed by atoms with van der Waals surface area (Å²) in [5.74, 6) is 0.194. The number of methoxy groups -OCH3 is 2. The molecule has 180 valence electrons. The number of para-hydroxylation sites is 1. The van der Waals surface area contributed by atoms with Gasteiger partial charge in [-0.05, 0) is 44.9 Å². The summed E-state index contributed by atoms with van der Waals surface area (Å²) >= 11 is 0. The number of esters is 1. The highest BCUT2D eigenvalue weighted by atomic mass is 16.6. The van der Waals surface area contributed by atoms with E-state index in [1.807, 2.05) is 54.6 Å². The van der Waals surface area contributed by atoms with Crippen LogP contribution < -0.4 is 4.74 Å². The first kappa shape index (κ1) is 26.2. The smallest absolute Gasteiger partial charge is 0.413 e. The number of carbonyl (C=O) groups is 2. The number of hydrogen-bond acceptors (Lipinski definition) is 6. The Labute approximate surface area is 196 Å². The highest BCUT2D eigenvalue weighted by Gasteiger charge is 2.45. The van der Waals surface area contributed by atoms with Gasteiger partial charge in [-0.15, -0.1) is 0 Å². The molecule has 0 N–H and O–H groups in total. The Balaban J connectivity index is 2.28. The van der Waals surface area contributed by atoms with Crippen LogP contribution >= 0.6 is 0 Å². The second kappa shape index (κ2) is 11.7. The molecule has 0 aliphatic carbocycles. The van der Waals surface area contributed by atoms with Gasteiger partial charge in [0.25, 0.3) is 0 Å². The summed E-state index contributed by atoms with van der Waals surface area (Å²) in [6, 6.07) is 17.0. The van der Waals surface area contributed by atoms with E-state index in [4.69, 9.17) is 18.9 Å². The van der Waals surface area contributed by atoms with Crippen LogP contribution in [0.3, 0.4) is 0 Å². The summed E-state index contributed by atoms with van der Waals surface area (Å²) in [5, 5.41) is 0. The fraction of sp³-hybridized carbons (Fsp3) is 0.462. The monoisotopic (exact) mass is 457 g/mol. The van der Waals surface area contributed by atoms with Crippen LogP contribution in [0.2, 0.25) is 0 Å². The molecule has 1 atom stereocenters. The van der Waals surface area contributed by atoms with Crippen molar-refractivity contribution < 1.29 is 28.5 Å². The Bertz CT molecular complexity index is 908. The molecule has 2 aromatic rings. The Hall–Kier alpha value is -3.06. The van der Waals surface area contributed by atoms with Crippen molar-refractivity contribution in [2.75, 3.05) is 27.6 Å². The Kier molecular flexibility index (Phi) is 9.29. The summed E-state index contributed by atoms with van der Waals surface area (Å²) in [4.78, 5) is 27.8. The lowest BCUT2D eigenvalue weighted by atomic mass is 9.91. The molecule has 2 rings (SSSR count). The maximum atomic E-state index is 13.4. The summed E-state index contributed by atoms with van der Waals surface area (Å²) in [7, 11) is 3.07. The highest BCUT2D eigenvalue weighted by molar-refractivity contribution is 5.86. The van der Waals surface area contributed by atoms with E-state index in [9.17, 15) is 9.59 Å². The Morgan fingerprint density at radius 3 is 2.15 bits per heavy atom. The van der Waals surface area contributed by atoms with Gasteiger partial charge in [0.2, 0.25) is 0 Å². The zero-order valence-electron chi connectivity index (χ0n) is 20.4. The Morgan fingerprint density at radius 1 is 0.909 bits per heavy atom. The van der Waals surface area contributed by atoms with Crippen LogP contribution in [0.25, 0.3) is 0 Å². The molecular weight excluding hydrogens is 422 g/mol. The molecule has 7 heteroatoms. The van der Waals surface area contributed by atoms with Gasteiger partial charge in [0.1, 0.15) is 23.6 Å². The van der Waals surface area contributed by atoms with Crippen LogP contribution in [0.15, 0.2) is 54.6 Å². The summed E-state index contributed by atoms with van der Waals surface area (Å²) < 4.78 is 21.9. The number of nitrogens with zero attached hydrogens (tertiary/aromatic N) is 1. The number of hydrogen-bond donors (Lipinski definition) is 0. The van der Waals surface area contributed by atoms with Crippen LogP contribution in [0, 0.1) is 0 Å². The second-order valence-corrected chi connectivity index (χ2v) is 8.96. The van der Waals surface area contributed by atoms with Gasteiger partial charge in [0, 0.05) is 20.0 Å². The first-order valence-electron chi connectivity index (χ1n) is 10.9. The SMILES string of the molecule is COCN(C(=O)OC(C)(C)C)[C@@](C)(Cc1ccccc1)C(=O)OCCc1ccccc1OC. The lowest BCUT2D eigenvalue weighted by molar-refractivity contribution is -0.160. The predicted octanol–water partition coefficient (Wildman–Crippen LogP) is 4.62. The minimum atomic E-state index is -1.35. The van der Waals surface area contributed by atoms with Crippen molar-refractivity contribution in [3.8, 4) is 5.75 Å². The normalized spacial score (nSPS) is 13.0. The molecule has 7 nitrogen and oxygen atoms in total. The maximum absolute atomic E-state index is 13.4.